The highest BCUT2D eigenvalue weighted by atomic mass is 16.7. The van der Waals surface area contributed by atoms with E-state index >= 15 is 0 Å². The Hall–Kier alpha value is -2.56. The minimum atomic E-state index is -0.946. The van der Waals surface area contributed by atoms with Crippen molar-refractivity contribution in [2.75, 3.05) is 41.2 Å². The van der Waals surface area contributed by atoms with E-state index in [4.69, 9.17) is 23.7 Å². The topological polar surface area (TPSA) is 127 Å². The smallest absolute Gasteiger partial charge is 0.183 e. The first-order valence-corrected chi connectivity index (χ1v) is 11.7. The van der Waals surface area contributed by atoms with Crippen molar-refractivity contribution in [3.8, 4) is 23.0 Å². The molecular weight excluding hydrogens is 456 g/mol. The summed E-state index contributed by atoms with van der Waals surface area (Å²) in [6.45, 7) is 0.221. The number of aliphatic hydroxyl groups is 3. The highest BCUT2D eigenvalue weighted by molar-refractivity contribution is 5.54. The normalized spacial score (nSPS) is 28.3. The third kappa shape index (κ3) is 5.19. The fourth-order valence-electron chi connectivity index (χ4n) is 5.23. The van der Waals surface area contributed by atoms with Gasteiger partial charge in [-0.05, 0) is 59.2 Å². The molecule has 2 aromatic rings. The summed E-state index contributed by atoms with van der Waals surface area (Å²) in [4.78, 5) is 0. The molecule has 0 bridgehead atoms. The molecule has 0 amide bonds. The minimum absolute atomic E-state index is 0.0309. The van der Waals surface area contributed by atoms with Crippen LogP contribution in [-0.4, -0.2) is 80.1 Å². The van der Waals surface area contributed by atoms with E-state index in [0.29, 0.717) is 23.7 Å². The molecule has 35 heavy (non-hydrogen) atoms. The van der Waals surface area contributed by atoms with Crippen LogP contribution >= 0.6 is 0 Å². The molecule has 192 valence electrons. The summed E-state index contributed by atoms with van der Waals surface area (Å²) in [6.07, 6.45) is -1.76. The Morgan fingerprint density at radius 2 is 1.69 bits per heavy atom. The van der Waals surface area contributed by atoms with Crippen LogP contribution in [0.4, 0.5) is 0 Å². The van der Waals surface area contributed by atoms with E-state index in [1.54, 1.807) is 26.4 Å². The summed E-state index contributed by atoms with van der Waals surface area (Å²) in [6, 6.07) is 9.09. The van der Waals surface area contributed by atoms with Crippen molar-refractivity contribution < 1.29 is 44.1 Å². The van der Waals surface area contributed by atoms with Crippen molar-refractivity contribution >= 4 is 0 Å². The quantitative estimate of drug-likeness (QED) is 0.438. The summed E-state index contributed by atoms with van der Waals surface area (Å²) in [5.74, 6) is 0.982. The maximum absolute atomic E-state index is 10.4. The molecule has 0 radical (unpaired) electrons. The second-order valence-electron chi connectivity index (χ2n) is 9.12. The average Bonchev–Trinajstić information content (AvgIpc) is 2.87. The summed E-state index contributed by atoms with van der Waals surface area (Å²) in [5, 5.41) is 40.6. The Balaban J connectivity index is 1.75. The van der Waals surface area contributed by atoms with Crippen molar-refractivity contribution in [1.82, 2.24) is 0 Å². The molecule has 2 aliphatic rings. The number of aromatic hydroxyl groups is 1. The lowest BCUT2D eigenvalue weighted by Crippen LogP contribution is -2.44. The van der Waals surface area contributed by atoms with Gasteiger partial charge >= 0.3 is 0 Å². The van der Waals surface area contributed by atoms with Crippen LogP contribution in [-0.2, 0) is 15.9 Å². The number of ether oxygens (including phenoxy) is 5. The number of rotatable bonds is 8. The number of aliphatic hydroxyl groups excluding tert-OH is 3. The molecule has 2 aromatic carbocycles. The van der Waals surface area contributed by atoms with E-state index in [0.717, 1.165) is 16.7 Å². The van der Waals surface area contributed by atoms with Crippen LogP contribution in [0.25, 0.3) is 0 Å². The van der Waals surface area contributed by atoms with Crippen LogP contribution in [0.5, 0.6) is 23.0 Å². The second kappa shape index (κ2) is 11.0. The number of methoxy groups -OCH3 is 3. The molecule has 1 heterocycles. The first-order chi connectivity index (χ1) is 16.9. The first kappa shape index (κ1) is 25.5. The summed E-state index contributed by atoms with van der Waals surface area (Å²) in [7, 11) is 4.66. The van der Waals surface area contributed by atoms with E-state index in [1.165, 1.54) is 7.11 Å². The van der Waals surface area contributed by atoms with Crippen molar-refractivity contribution in [3.63, 3.8) is 0 Å². The Labute approximate surface area is 204 Å². The van der Waals surface area contributed by atoms with Gasteiger partial charge in [0, 0.05) is 18.9 Å². The number of hydrogen-bond donors (Lipinski definition) is 4. The van der Waals surface area contributed by atoms with Gasteiger partial charge in [-0.2, -0.15) is 0 Å². The van der Waals surface area contributed by atoms with Crippen LogP contribution in [0, 0.1) is 11.8 Å². The first-order valence-electron chi connectivity index (χ1n) is 11.7. The molecule has 4 rings (SSSR count). The molecular formula is C26H34O9. The van der Waals surface area contributed by atoms with Gasteiger partial charge in [-0.3, -0.25) is 0 Å². The van der Waals surface area contributed by atoms with E-state index < -0.39 is 18.5 Å². The molecule has 1 fully saturated rings. The van der Waals surface area contributed by atoms with E-state index in [9.17, 15) is 20.4 Å². The summed E-state index contributed by atoms with van der Waals surface area (Å²) >= 11 is 0. The second-order valence-corrected chi connectivity index (χ2v) is 9.12. The largest absolute Gasteiger partial charge is 0.504 e. The van der Waals surface area contributed by atoms with Gasteiger partial charge in [0.1, 0.15) is 6.10 Å². The lowest BCUT2D eigenvalue weighted by molar-refractivity contribution is -0.241. The van der Waals surface area contributed by atoms with E-state index in [2.05, 4.69) is 0 Å². The Kier molecular flexibility index (Phi) is 8.03. The molecule has 1 aliphatic heterocycles. The number of fused-ring (bicyclic) bond motifs is 1. The van der Waals surface area contributed by atoms with Crippen LogP contribution in [0.15, 0.2) is 30.3 Å². The fraction of sp³-hybridized carbons (Fsp3) is 0.538. The molecule has 6 atom stereocenters. The van der Waals surface area contributed by atoms with Gasteiger partial charge in [-0.1, -0.05) is 6.07 Å². The van der Waals surface area contributed by atoms with Gasteiger partial charge in [0.15, 0.2) is 29.3 Å². The van der Waals surface area contributed by atoms with Gasteiger partial charge in [-0.15, -0.1) is 0 Å². The third-order valence-electron chi connectivity index (χ3n) is 7.03. The van der Waals surface area contributed by atoms with Crippen molar-refractivity contribution in [1.29, 1.82) is 0 Å². The summed E-state index contributed by atoms with van der Waals surface area (Å²) < 4.78 is 28.0. The molecule has 9 heteroatoms. The van der Waals surface area contributed by atoms with Crippen molar-refractivity contribution in [3.05, 3.63) is 47.0 Å². The average molecular weight is 491 g/mol. The van der Waals surface area contributed by atoms with Gasteiger partial charge in [0.05, 0.1) is 40.6 Å². The zero-order valence-corrected chi connectivity index (χ0v) is 20.2. The predicted molar refractivity (Wildman–Crippen MR) is 126 cm³/mol. The van der Waals surface area contributed by atoms with Gasteiger partial charge < -0.3 is 44.1 Å². The number of benzene rings is 2. The standard InChI is InChI=1S/C26H34O9/c1-31-22-7-14(4-5-20(22)29)25-18-10-24(33-3)23(32-2)8-15(18)6-16(11-27)19(25)13-35-26-21(30)9-17(28)12-34-26/h4-5,7-8,10,16-17,19,21,25-30H,6,9,11-13H2,1-3H3/t16?,17-,19+,21+,25?,26-/m0/s1. The van der Waals surface area contributed by atoms with Crippen molar-refractivity contribution in [2.45, 2.75) is 37.3 Å². The molecule has 4 N–H and O–H groups in total. The van der Waals surface area contributed by atoms with Crippen molar-refractivity contribution in [2.24, 2.45) is 11.8 Å². The number of phenols is 1. The lowest BCUT2D eigenvalue weighted by atomic mass is 9.67. The highest BCUT2D eigenvalue weighted by Gasteiger charge is 2.40. The van der Waals surface area contributed by atoms with E-state index in [1.807, 2.05) is 18.2 Å². The zero-order chi connectivity index (χ0) is 25.1. The highest BCUT2D eigenvalue weighted by Crippen LogP contribution is 2.48. The maximum atomic E-state index is 10.4. The maximum Gasteiger partial charge on any atom is 0.183 e. The number of hydrogen-bond acceptors (Lipinski definition) is 9. The number of phenolic OH excluding ortho intramolecular Hbond substituents is 1. The molecule has 1 aliphatic carbocycles. The summed E-state index contributed by atoms with van der Waals surface area (Å²) in [5.41, 5.74) is 2.89. The molecule has 2 unspecified atom stereocenters. The Morgan fingerprint density at radius 3 is 2.34 bits per heavy atom. The fourth-order valence-corrected chi connectivity index (χ4v) is 5.23. The van der Waals surface area contributed by atoms with Crippen LogP contribution in [0.1, 0.15) is 29.0 Å². The molecule has 0 spiro atoms. The third-order valence-corrected chi connectivity index (χ3v) is 7.03. The van der Waals surface area contributed by atoms with Crippen LogP contribution in [0.2, 0.25) is 0 Å². The predicted octanol–water partition coefficient (Wildman–Crippen LogP) is 1.82. The molecule has 0 saturated carbocycles. The van der Waals surface area contributed by atoms with Crippen LogP contribution < -0.4 is 14.2 Å². The zero-order valence-electron chi connectivity index (χ0n) is 20.2. The van der Waals surface area contributed by atoms with Crippen LogP contribution in [0.3, 0.4) is 0 Å². The molecule has 9 nitrogen and oxygen atoms in total. The monoisotopic (exact) mass is 490 g/mol. The van der Waals surface area contributed by atoms with E-state index in [-0.39, 0.29) is 49.7 Å². The van der Waals surface area contributed by atoms with Gasteiger partial charge in [0.25, 0.3) is 0 Å². The minimum Gasteiger partial charge on any atom is -0.504 e. The Morgan fingerprint density at radius 1 is 0.971 bits per heavy atom. The Bertz CT molecular complexity index is 1010. The lowest BCUT2D eigenvalue weighted by Gasteiger charge is -2.41. The van der Waals surface area contributed by atoms with Gasteiger partial charge in [0.2, 0.25) is 0 Å². The molecule has 1 saturated heterocycles. The SMILES string of the molecule is COc1cc(C2c3cc(OC)c(OC)cc3CC(CO)[C@H]2CO[C@@H]2OC[C@@H](O)C[C@H]2O)ccc1O. The van der Waals surface area contributed by atoms with Gasteiger partial charge in [-0.25, -0.2) is 0 Å². The molecule has 0 aromatic heterocycles.